The average Bonchev–Trinajstić information content (AvgIpc) is 2.54. The number of hydrogen-bond acceptors (Lipinski definition) is 4. The van der Waals surface area contributed by atoms with Gasteiger partial charge in [0.1, 0.15) is 11.5 Å². The Hall–Kier alpha value is -2.83. The molecule has 0 spiro atoms. The summed E-state index contributed by atoms with van der Waals surface area (Å²) in [4.78, 5) is 31.0. The van der Waals surface area contributed by atoms with Crippen molar-refractivity contribution in [3.05, 3.63) is 59.9 Å². The molecule has 1 heterocycles. The molecule has 2 aromatic rings. The minimum absolute atomic E-state index is 0.165. The topological polar surface area (TPSA) is 84.0 Å². The summed E-state index contributed by atoms with van der Waals surface area (Å²) in [5.74, 6) is -0.878. The van der Waals surface area contributed by atoms with E-state index in [1.807, 2.05) is 0 Å². The summed E-state index contributed by atoms with van der Waals surface area (Å²) >= 11 is 0. The molecule has 0 aliphatic rings. The minimum Gasteiger partial charge on any atom is -0.354 e. The summed E-state index contributed by atoms with van der Waals surface area (Å²) in [7, 11) is 0. The first-order chi connectivity index (χ1) is 10.6. The molecule has 0 bridgehead atoms. The molecule has 114 valence electrons. The fourth-order valence-corrected chi connectivity index (χ4v) is 1.74. The second-order valence-corrected chi connectivity index (χ2v) is 4.50. The largest absolute Gasteiger partial charge is 0.354 e. The summed E-state index contributed by atoms with van der Waals surface area (Å²) in [5.41, 5.74) is 0.947. The lowest BCUT2D eigenvalue weighted by Gasteiger charge is -2.07. The number of nitrogens with zero attached hydrogens (tertiary/aromatic N) is 2. The molecule has 6 nitrogen and oxygen atoms in total. The Bertz CT molecular complexity index is 632. The summed E-state index contributed by atoms with van der Waals surface area (Å²) in [6.45, 7) is 0.580. The Labute approximate surface area is 126 Å². The maximum atomic E-state index is 12.7. The van der Waals surface area contributed by atoms with Crippen LogP contribution in [0.5, 0.6) is 0 Å². The molecule has 0 saturated heterocycles. The Morgan fingerprint density at radius 2 is 1.77 bits per heavy atom. The number of aromatic nitrogens is 2. The molecule has 0 aliphatic carbocycles. The van der Waals surface area contributed by atoms with Gasteiger partial charge < -0.3 is 10.6 Å². The van der Waals surface area contributed by atoms with Crippen LogP contribution < -0.4 is 10.6 Å². The third-order valence-corrected chi connectivity index (χ3v) is 2.81. The lowest BCUT2D eigenvalue weighted by Crippen LogP contribution is -2.35. The molecule has 7 heteroatoms. The zero-order chi connectivity index (χ0) is 15.8. The molecule has 0 fully saturated rings. The third-order valence-electron chi connectivity index (χ3n) is 2.81. The maximum absolute atomic E-state index is 12.7. The molecular weight excluding hydrogens is 287 g/mol. The van der Waals surface area contributed by atoms with E-state index in [-0.39, 0.29) is 36.3 Å². The van der Waals surface area contributed by atoms with Gasteiger partial charge in [0.25, 0.3) is 5.91 Å². The highest BCUT2D eigenvalue weighted by Crippen LogP contribution is 2.03. The lowest BCUT2D eigenvalue weighted by molar-refractivity contribution is -0.120. The van der Waals surface area contributed by atoms with Crippen LogP contribution in [-0.2, 0) is 11.2 Å². The van der Waals surface area contributed by atoms with Crippen molar-refractivity contribution in [2.24, 2.45) is 0 Å². The number of nitrogens with one attached hydrogen (secondary N) is 2. The SMILES string of the molecule is O=C(Cc1ccc(F)cc1)NCCNC(=O)c1cnccn1. The fourth-order valence-electron chi connectivity index (χ4n) is 1.74. The van der Waals surface area contributed by atoms with Crippen molar-refractivity contribution in [3.8, 4) is 0 Å². The average molecular weight is 302 g/mol. The van der Waals surface area contributed by atoms with Crippen LogP contribution in [0.15, 0.2) is 42.9 Å². The van der Waals surface area contributed by atoms with E-state index in [1.54, 1.807) is 12.1 Å². The molecule has 2 rings (SSSR count). The Morgan fingerprint density at radius 1 is 1.05 bits per heavy atom. The van der Waals surface area contributed by atoms with Gasteiger partial charge >= 0.3 is 0 Å². The summed E-state index contributed by atoms with van der Waals surface area (Å²) < 4.78 is 12.7. The predicted molar refractivity (Wildman–Crippen MR) is 77.5 cm³/mol. The zero-order valence-electron chi connectivity index (χ0n) is 11.8. The van der Waals surface area contributed by atoms with Crippen LogP contribution in [0.25, 0.3) is 0 Å². The van der Waals surface area contributed by atoms with Crippen LogP contribution in [0.2, 0.25) is 0 Å². The molecule has 1 aromatic heterocycles. The molecule has 0 aliphatic heterocycles. The molecular formula is C15H15FN4O2. The van der Waals surface area contributed by atoms with Crippen LogP contribution in [0, 0.1) is 5.82 Å². The van der Waals surface area contributed by atoms with Gasteiger partial charge in [-0.2, -0.15) is 0 Å². The molecule has 2 N–H and O–H groups in total. The second-order valence-electron chi connectivity index (χ2n) is 4.50. The van der Waals surface area contributed by atoms with E-state index >= 15 is 0 Å². The van der Waals surface area contributed by atoms with Gasteiger partial charge in [0.2, 0.25) is 5.91 Å². The van der Waals surface area contributed by atoms with Gasteiger partial charge in [-0.25, -0.2) is 9.37 Å². The number of benzene rings is 1. The highest BCUT2D eigenvalue weighted by molar-refractivity contribution is 5.91. The van der Waals surface area contributed by atoms with E-state index in [2.05, 4.69) is 20.6 Å². The van der Waals surface area contributed by atoms with Crippen molar-refractivity contribution in [3.63, 3.8) is 0 Å². The van der Waals surface area contributed by atoms with Crippen molar-refractivity contribution in [2.75, 3.05) is 13.1 Å². The van der Waals surface area contributed by atoms with Crippen molar-refractivity contribution < 1.29 is 14.0 Å². The quantitative estimate of drug-likeness (QED) is 0.770. The normalized spacial score (nSPS) is 10.0. The van der Waals surface area contributed by atoms with E-state index in [0.717, 1.165) is 5.56 Å². The van der Waals surface area contributed by atoms with E-state index in [9.17, 15) is 14.0 Å². The first-order valence-electron chi connectivity index (χ1n) is 6.70. The standard InChI is InChI=1S/C15H15FN4O2/c16-12-3-1-11(2-4-12)9-14(21)19-7-8-20-15(22)13-10-17-5-6-18-13/h1-6,10H,7-9H2,(H,19,21)(H,20,22). The third kappa shape index (κ3) is 4.93. The van der Waals surface area contributed by atoms with Gasteiger partial charge in [0, 0.05) is 25.5 Å². The molecule has 22 heavy (non-hydrogen) atoms. The predicted octanol–water partition coefficient (Wildman–Crippen LogP) is 0.704. The minimum atomic E-state index is -0.346. The Kier molecular flexibility index (Phi) is 5.53. The van der Waals surface area contributed by atoms with E-state index in [0.29, 0.717) is 6.54 Å². The molecule has 0 unspecified atom stereocenters. The van der Waals surface area contributed by atoms with E-state index < -0.39 is 0 Å². The number of carbonyl (C=O) groups is 2. The number of amides is 2. The second kappa shape index (κ2) is 7.82. The van der Waals surface area contributed by atoms with Crippen molar-refractivity contribution >= 4 is 11.8 Å². The van der Waals surface area contributed by atoms with Crippen molar-refractivity contribution in [1.29, 1.82) is 0 Å². The van der Waals surface area contributed by atoms with Crippen LogP contribution in [0.1, 0.15) is 16.1 Å². The first kappa shape index (κ1) is 15.6. The molecule has 1 aromatic carbocycles. The Balaban J connectivity index is 1.67. The van der Waals surface area contributed by atoms with E-state index in [1.165, 1.54) is 30.7 Å². The summed E-state index contributed by atoms with van der Waals surface area (Å²) in [6.07, 6.45) is 4.44. The maximum Gasteiger partial charge on any atom is 0.271 e. The number of halogens is 1. The summed E-state index contributed by atoms with van der Waals surface area (Å²) in [6, 6.07) is 5.74. The van der Waals surface area contributed by atoms with E-state index in [4.69, 9.17) is 0 Å². The van der Waals surface area contributed by atoms with Crippen molar-refractivity contribution in [2.45, 2.75) is 6.42 Å². The monoisotopic (exact) mass is 302 g/mol. The highest BCUT2D eigenvalue weighted by atomic mass is 19.1. The van der Waals surface area contributed by atoms with Gasteiger partial charge in [-0.3, -0.25) is 14.6 Å². The molecule has 2 amide bonds. The first-order valence-corrected chi connectivity index (χ1v) is 6.70. The van der Waals surface area contributed by atoms with Crippen molar-refractivity contribution in [1.82, 2.24) is 20.6 Å². The van der Waals surface area contributed by atoms with Crippen LogP contribution in [0.4, 0.5) is 4.39 Å². The summed E-state index contributed by atoms with van der Waals surface area (Å²) in [5, 5.41) is 5.29. The Morgan fingerprint density at radius 3 is 2.45 bits per heavy atom. The molecule has 0 atom stereocenters. The van der Waals surface area contributed by atoms with Crippen LogP contribution in [0.3, 0.4) is 0 Å². The van der Waals surface area contributed by atoms with Gasteiger partial charge in [-0.15, -0.1) is 0 Å². The fraction of sp³-hybridized carbons (Fsp3) is 0.200. The lowest BCUT2D eigenvalue weighted by atomic mass is 10.1. The van der Waals surface area contributed by atoms with Gasteiger partial charge in [0.15, 0.2) is 0 Å². The van der Waals surface area contributed by atoms with Gasteiger partial charge in [-0.1, -0.05) is 12.1 Å². The zero-order valence-corrected chi connectivity index (χ0v) is 11.8. The highest BCUT2D eigenvalue weighted by Gasteiger charge is 2.06. The van der Waals surface area contributed by atoms with Gasteiger partial charge in [-0.05, 0) is 17.7 Å². The van der Waals surface area contributed by atoms with Crippen LogP contribution >= 0.6 is 0 Å². The van der Waals surface area contributed by atoms with Gasteiger partial charge in [0.05, 0.1) is 12.6 Å². The number of hydrogen-bond donors (Lipinski definition) is 2. The number of carbonyl (C=O) groups excluding carboxylic acids is 2. The number of rotatable bonds is 6. The smallest absolute Gasteiger partial charge is 0.271 e. The van der Waals surface area contributed by atoms with Crippen LogP contribution in [-0.4, -0.2) is 34.9 Å². The molecule has 0 saturated carbocycles. The molecule has 0 radical (unpaired) electrons.